The first-order valence-electron chi connectivity index (χ1n) is 9.14. The maximum absolute atomic E-state index is 13.9. The molecule has 136 valence electrons. The summed E-state index contributed by atoms with van der Waals surface area (Å²) in [6.07, 6.45) is 4.91. The first-order valence-corrected chi connectivity index (χ1v) is 9.94. The number of hydrogen-bond donors (Lipinski definition) is 0. The molecule has 4 nitrogen and oxygen atoms in total. The zero-order valence-electron chi connectivity index (χ0n) is 14.3. The molecule has 1 spiro atoms. The van der Waals surface area contributed by atoms with Crippen molar-refractivity contribution in [3.8, 4) is 0 Å². The Morgan fingerprint density at radius 3 is 2.72 bits per heavy atom. The summed E-state index contributed by atoms with van der Waals surface area (Å²) in [5, 5.41) is 0. The van der Waals surface area contributed by atoms with Gasteiger partial charge in [-0.05, 0) is 49.8 Å². The smallest absolute Gasteiger partial charge is 0.248 e. The average molecular weight is 411 g/mol. The van der Waals surface area contributed by atoms with Crippen LogP contribution in [0.5, 0.6) is 0 Å². The van der Waals surface area contributed by atoms with Crippen LogP contribution >= 0.6 is 15.9 Å². The van der Waals surface area contributed by atoms with Crippen molar-refractivity contribution in [3.05, 3.63) is 34.1 Å². The molecule has 1 amide bonds. The van der Waals surface area contributed by atoms with E-state index < -0.39 is 0 Å². The van der Waals surface area contributed by atoms with Gasteiger partial charge in [-0.2, -0.15) is 0 Å². The number of piperidine rings is 1. The molecule has 2 heterocycles. The Labute approximate surface area is 156 Å². The fourth-order valence-electron chi connectivity index (χ4n) is 3.95. The summed E-state index contributed by atoms with van der Waals surface area (Å²) in [6, 6.07) is 5.74. The van der Waals surface area contributed by atoms with Gasteiger partial charge in [0.2, 0.25) is 5.91 Å². The molecular weight excluding hydrogens is 387 g/mol. The van der Waals surface area contributed by atoms with Gasteiger partial charge in [-0.3, -0.25) is 4.79 Å². The SMILES string of the molecule is O=C1COC2(CCN(CCc3ccc(Br)cc3F)CC2)CN1C1CC1. The molecule has 0 radical (unpaired) electrons. The van der Waals surface area contributed by atoms with Gasteiger partial charge in [-0.15, -0.1) is 0 Å². The second kappa shape index (κ2) is 6.97. The molecule has 4 rings (SSSR count). The summed E-state index contributed by atoms with van der Waals surface area (Å²) in [6.45, 7) is 3.75. The van der Waals surface area contributed by atoms with Gasteiger partial charge in [-0.1, -0.05) is 22.0 Å². The minimum Gasteiger partial charge on any atom is -0.363 e. The van der Waals surface area contributed by atoms with Gasteiger partial charge in [0.1, 0.15) is 12.4 Å². The van der Waals surface area contributed by atoms with Crippen molar-refractivity contribution in [1.82, 2.24) is 9.80 Å². The molecule has 0 aromatic heterocycles. The topological polar surface area (TPSA) is 32.8 Å². The summed E-state index contributed by atoms with van der Waals surface area (Å²) in [7, 11) is 0. The van der Waals surface area contributed by atoms with Gasteiger partial charge < -0.3 is 14.5 Å². The Morgan fingerprint density at radius 1 is 1.28 bits per heavy atom. The molecule has 2 saturated heterocycles. The zero-order chi connectivity index (χ0) is 17.4. The van der Waals surface area contributed by atoms with Crippen LogP contribution in [0.1, 0.15) is 31.2 Å². The van der Waals surface area contributed by atoms with Crippen LogP contribution in [-0.2, 0) is 16.0 Å². The zero-order valence-corrected chi connectivity index (χ0v) is 15.9. The van der Waals surface area contributed by atoms with Crippen molar-refractivity contribution in [1.29, 1.82) is 0 Å². The fourth-order valence-corrected chi connectivity index (χ4v) is 4.28. The lowest BCUT2D eigenvalue weighted by Crippen LogP contribution is -2.59. The maximum atomic E-state index is 13.9. The monoisotopic (exact) mass is 410 g/mol. The Hall–Kier alpha value is -0.980. The molecular formula is C19H24BrFN2O2. The standard InChI is InChI=1S/C19H24BrFN2O2/c20-15-2-1-14(17(21)11-15)5-8-22-9-6-19(7-10-22)13-23(16-3-4-16)18(24)12-25-19/h1-2,11,16H,3-10,12-13H2. The van der Waals surface area contributed by atoms with E-state index in [0.29, 0.717) is 6.04 Å². The van der Waals surface area contributed by atoms with Crippen molar-refractivity contribution in [2.75, 3.05) is 32.8 Å². The highest BCUT2D eigenvalue weighted by Gasteiger charge is 2.46. The van der Waals surface area contributed by atoms with Crippen LogP contribution in [-0.4, -0.2) is 60.1 Å². The van der Waals surface area contributed by atoms with Gasteiger partial charge in [0.15, 0.2) is 0 Å². The van der Waals surface area contributed by atoms with E-state index in [1.165, 1.54) is 6.07 Å². The molecule has 0 atom stereocenters. The van der Waals surface area contributed by atoms with Crippen molar-refractivity contribution >= 4 is 21.8 Å². The third-order valence-electron chi connectivity index (χ3n) is 5.75. The van der Waals surface area contributed by atoms with E-state index in [-0.39, 0.29) is 23.9 Å². The Kier molecular flexibility index (Phi) is 4.86. The third kappa shape index (κ3) is 3.91. The first kappa shape index (κ1) is 17.4. The predicted octanol–water partition coefficient (Wildman–Crippen LogP) is 2.99. The van der Waals surface area contributed by atoms with E-state index >= 15 is 0 Å². The summed E-state index contributed by atoms with van der Waals surface area (Å²) in [5.74, 6) is 0.0123. The molecule has 6 heteroatoms. The largest absolute Gasteiger partial charge is 0.363 e. The average Bonchev–Trinajstić information content (AvgIpc) is 3.43. The summed E-state index contributed by atoms with van der Waals surface area (Å²) >= 11 is 3.30. The van der Waals surface area contributed by atoms with E-state index in [1.807, 2.05) is 12.1 Å². The van der Waals surface area contributed by atoms with Crippen LogP contribution in [0.4, 0.5) is 4.39 Å². The number of nitrogens with zero attached hydrogens (tertiary/aromatic N) is 2. The van der Waals surface area contributed by atoms with Crippen LogP contribution in [0.2, 0.25) is 0 Å². The number of halogens is 2. The van der Waals surface area contributed by atoms with Gasteiger partial charge in [0, 0.05) is 30.1 Å². The van der Waals surface area contributed by atoms with E-state index in [9.17, 15) is 9.18 Å². The fraction of sp³-hybridized carbons (Fsp3) is 0.632. The number of carbonyl (C=O) groups is 1. The number of morpholine rings is 1. The first-order chi connectivity index (χ1) is 12.0. The number of likely N-dealkylation sites (tertiary alicyclic amines) is 1. The highest BCUT2D eigenvalue weighted by Crippen LogP contribution is 2.36. The number of carbonyl (C=O) groups excluding carboxylic acids is 1. The Bertz CT molecular complexity index is 657. The maximum Gasteiger partial charge on any atom is 0.248 e. The van der Waals surface area contributed by atoms with Crippen LogP contribution < -0.4 is 0 Å². The lowest BCUT2D eigenvalue weighted by Gasteiger charge is -2.47. The van der Waals surface area contributed by atoms with Crippen LogP contribution in [0.3, 0.4) is 0 Å². The van der Waals surface area contributed by atoms with E-state index in [2.05, 4.69) is 25.7 Å². The van der Waals surface area contributed by atoms with E-state index in [0.717, 1.165) is 68.3 Å². The van der Waals surface area contributed by atoms with Gasteiger partial charge >= 0.3 is 0 Å². The highest BCUT2D eigenvalue weighted by atomic mass is 79.9. The molecule has 2 aliphatic heterocycles. The summed E-state index contributed by atoms with van der Waals surface area (Å²) in [5.41, 5.74) is 0.610. The number of benzene rings is 1. The van der Waals surface area contributed by atoms with Crippen molar-refractivity contribution in [3.63, 3.8) is 0 Å². The van der Waals surface area contributed by atoms with Gasteiger partial charge in [0.25, 0.3) is 0 Å². The minimum absolute atomic E-state index is 0.142. The molecule has 3 fully saturated rings. The molecule has 1 aliphatic carbocycles. The van der Waals surface area contributed by atoms with Crippen molar-refractivity contribution in [2.45, 2.75) is 43.7 Å². The van der Waals surface area contributed by atoms with E-state index in [4.69, 9.17) is 4.74 Å². The normalized spacial score (nSPS) is 24.1. The molecule has 1 saturated carbocycles. The molecule has 1 aromatic rings. The molecule has 0 N–H and O–H groups in total. The van der Waals surface area contributed by atoms with Gasteiger partial charge in [0.05, 0.1) is 12.1 Å². The number of rotatable bonds is 4. The van der Waals surface area contributed by atoms with Gasteiger partial charge in [-0.25, -0.2) is 4.39 Å². The van der Waals surface area contributed by atoms with Crippen LogP contribution in [0.25, 0.3) is 0 Å². The third-order valence-corrected chi connectivity index (χ3v) is 6.24. The minimum atomic E-state index is -0.157. The highest BCUT2D eigenvalue weighted by molar-refractivity contribution is 9.10. The second-order valence-corrected chi connectivity index (χ2v) is 8.47. The Morgan fingerprint density at radius 2 is 2.04 bits per heavy atom. The molecule has 3 aliphatic rings. The summed E-state index contributed by atoms with van der Waals surface area (Å²) < 4.78 is 20.7. The second-order valence-electron chi connectivity index (χ2n) is 7.55. The Balaban J connectivity index is 1.30. The summed E-state index contributed by atoms with van der Waals surface area (Å²) in [4.78, 5) is 16.5. The van der Waals surface area contributed by atoms with E-state index in [1.54, 1.807) is 0 Å². The van der Waals surface area contributed by atoms with Crippen LogP contribution in [0.15, 0.2) is 22.7 Å². The lowest BCUT2D eigenvalue weighted by atomic mass is 9.89. The van der Waals surface area contributed by atoms with Crippen molar-refractivity contribution in [2.24, 2.45) is 0 Å². The number of amides is 1. The lowest BCUT2D eigenvalue weighted by molar-refractivity contribution is -0.172. The molecule has 0 unspecified atom stereocenters. The molecule has 0 bridgehead atoms. The van der Waals surface area contributed by atoms with Crippen LogP contribution in [0, 0.1) is 5.82 Å². The number of ether oxygens (including phenoxy) is 1. The molecule has 25 heavy (non-hydrogen) atoms. The molecule has 1 aromatic carbocycles. The number of hydrogen-bond acceptors (Lipinski definition) is 3. The van der Waals surface area contributed by atoms with Crippen molar-refractivity contribution < 1.29 is 13.9 Å². The predicted molar refractivity (Wildman–Crippen MR) is 96.9 cm³/mol. The quantitative estimate of drug-likeness (QED) is 0.764.